The molecule has 3 rings (SSSR count). The highest BCUT2D eigenvalue weighted by Gasteiger charge is 2.11. The second-order valence-electron chi connectivity index (χ2n) is 4.95. The summed E-state index contributed by atoms with van der Waals surface area (Å²) >= 11 is 1.39. The Morgan fingerprint density at radius 1 is 1.26 bits per heavy atom. The highest BCUT2D eigenvalue weighted by atomic mass is 32.2. The zero-order valence-electron chi connectivity index (χ0n) is 12.6. The number of hydrogen-bond donors (Lipinski definition) is 0. The Bertz CT molecular complexity index is 990. The van der Waals surface area contributed by atoms with E-state index in [1.807, 2.05) is 6.07 Å². The van der Waals surface area contributed by atoms with Gasteiger partial charge in [0.25, 0.3) is 5.56 Å². The summed E-state index contributed by atoms with van der Waals surface area (Å²) in [6, 6.07) is 9.05. The van der Waals surface area contributed by atoms with Crippen LogP contribution < -0.4 is 5.56 Å². The lowest BCUT2D eigenvalue weighted by atomic mass is 10.3. The summed E-state index contributed by atoms with van der Waals surface area (Å²) in [5.74, 6) is 1.08. The van der Waals surface area contributed by atoms with E-state index in [1.165, 1.54) is 22.2 Å². The molecule has 0 amide bonds. The van der Waals surface area contributed by atoms with Gasteiger partial charge >= 0.3 is 0 Å². The van der Waals surface area contributed by atoms with Crippen molar-refractivity contribution < 1.29 is 0 Å². The Labute approximate surface area is 136 Å². The van der Waals surface area contributed by atoms with Crippen LogP contribution in [0.5, 0.6) is 0 Å². The molecule has 0 aliphatic rings. The van der Waals surface area contributed by atoms with Crippen LogP contribution in [0.3, 0.4) is 0 Å². The van der Waals surface area contributed by atoms with Gasteiger partial charge in [-0.25, -0.2) is 15.0 Å². The predicted octanol–water partition coefficient (Wildman–Crippen LogP) is 2.27. The van der Waals surface area contributed by atoms with E-state index in [1.54, 1.807) is 32.2 Å². The first-order valence-corrected chi connectivity index (χ1v) is 7.92. The SMILES string of the molecule is Cc1nc(C)c(C#N)c(SCc2cc(=O)n3ccccc3n2)n1. The summed E-state index contributed by atoms with van der Waals surface area (Å²) in [5, 5.41) is 9.88. The van der Waals surface area contributed by atoms with Crippen LogP contribution in [0.1, 0.15) is 22.8 Å². The van der Waals surface area contributed by atoms with E-state index in [4.69, 9.17) is 0 Å². The minimum Gasteiger partial charge on any atom is -0.269 e. The first-order valence-electron chi connectivity index (χ1n) is 6.94. The first-order chi connectivity index (χ1) is 11.1. The standard InChI is InChI=1S/C16H13N5OS/c1-10-13(8-17)16(19-11(2)18-10)23-9-12-7-15(22)21-6-4-3-5-14(21)20-12/h3-7H,9H2,1-2H3. The minimum absolute atomic E-state index is 0.123. The Kier molecular flexibility index (Phi) is 4.08. The number of fused-ring (bicyclic) bond motifs is 1. The van der Waals surface area contributed by atoms with E-state index < -0.39 is 0 Å². The fourth-order valence-electron chi connectivity index (χ4n) is 2.23. The molecule has 0 bridgehead atoms. The molecule has 0 atom stereocenters. The van der Waals surface area contributed by atoms with Gasteiger partial charge in [0.2, 0.25) is 0 Å². The van der Waals surface area contributed by atoms with Crippen LogP contribution in [0.15, 0.2) is 40.3 Å². The number of thioether (sulfide) groups is 1. The molecule has 23 heavy (non-hydrogen) atoms. The zero-order chi connectivity index (χ0) is 16.4. The third kappa shape index (κ3) is 3.07. The van der Waals surface area contributed by atoms with Gasteiger partial charge < -0.3 is 0 Å². The van der Waals surface area contributed by atoms with Gasteiger partial charge in [0, 0.05) is 18.0 Å². The highest BCUT2D eigenvalue weighted by Crippen LogP contribution is 2.24. The summed E-state index contributed by atoms with van der Waals surface area (Å²) in [7, 11) is 0. The van der Waals surface area contributed by atoms with Crippen molar-refractivity contribution >= 4 is 17.4 Å². The van der Waals surface area contributed by atoms with Crippen LogP contribution in [-0.4, -0.2) is 19.4 Å². The molecule has 0 saturated heterocycles. The highest BCUT2D eigenvalue weighted by molar-refractivity contribution is 7.98. The van der Waals surface area contributed by atoms with Crippen molar-refractivity contribution in [2.75, 3.05) is 0 Å². The van der Waals surface area contributed by atoms with Gasteiger partial charge in [0.15, 0.2) is 0 Å². The minimum atomic E-state index is -0.123. The number of hydrogen-bond acceptors (Lipinski definition) is 6. The molecule has 0 saturated carbocycles. The van der Waals surface area contributed by atoms with Gasteiger partial charge in [0.05, 0.1) is 11.4 Å². The maximum atomic E-state index is 12.1. The molecule has 3 heterocycles. The molecular formula is C16H13N5OS. The lowest BCUT2D eigenvalue weighted by Gasteiger charge is -2.07. The van der Waals surface area contributed by atoms with Crippen LogP contribution in [-0.2, 0) is 5.75 Å². The summed E-state index contributed by atoms with van der Waals surface area (Å²) in [4.78, 5) is 25.1. The predicted molar refractivity (Wildman–Crippen MR) is 87.2 cm³/mol. The lowest BCUT2D eigenvalue weighted by molar-refractivity contribution is 0.922. The molecule has 0 N–H and O–H groups in total. The molecule has 0 aromatic carbocycles. The van der Waals surface area contributed by atoms with Gasteiger partial charge in [-0.3, -0.25) is 9.20 Å². The Morgan fingerprint density at radius 2 is 2.09 bits per heavy atom. The van der Waals surface area contributed by atoms with Crippen molar-refractivity contribution in [3.05, 3.63) is 63.6 Å². The summed E-state index contributed by atoms with van der Waals surface area (Å²) in [6.45, 7) is 3.58. The van der Waals surface area contributed by atoms with Crippen LogP contribution in [0.25, 0.3) is 5.65 Å². The summed E-state index contributed by atoms with van der Waals surface area (Å²) in [5.41, 5.74) is 2.27. The number of nitriles is 1. The molecule has 3 aromatic rings. The smallest absolute Gasteiger partial charge is 0.258 e. The van der Waals surface area contributed by atoms with Crippen LogP contribution in [0, 0.1) is 25.2 Å². The molecule has 0 aliphatic heterocycles. The number of aromatic nitrogens is 4. The molecule has 7 heteroatoms. The Balaban J connectivity index is 1.93. The first kappa shape index (κ1) is 15.2. The number of aryl methyl sites for hydroxylation is 2. The van der Waals surface area contributed by atoms with E-state index in [-0.39, 0.29) is 5.56 Å². The van der Waals surface area contributed by atoms with E-state index in [2.05, 4.69) is 21.0 Å². The fourth-order valence-corrected chi connectivity index (χ4v) is 3.20. The normalized spacial score (nSPS) is 10.7. The molecular weight excluding hydrogens is 310 g/mol. The maximum absolute atomic E-state index is 12.1. The number of rotatable bonds is 3. The molecule has 114 valence electrons. The van der Waals surface area contributed by atoms with Gasteiger partial charge in [-0.2, -0.15) is 5.26 Å². The molecule has 0 spiro atoms. The topological polar surface area (TPSA) is 83.9 Å². The van der Waals surface area contributed by atoms with E-state index in [0.717, 1.165) is 0 Å². The fraction of sp³-hybridized carbons (Fsp3) is 0.188. The largest absolute Gasteiger partial charge is 0.269 e. The second-order valence-corrected chi connectivity index (χ2v) is 5.92. The quantitative estimate of drug-likeness (QED) is 0.543. The lowest BCUT2D eigenvalue weighted by Crippen LogP contribution is -2.14. The number of pyridine rings is 1. The Hall–Kier alpha value is -2.72. The van der Waals surface area contributed by atoms with Crippen molar-refractivity contribution in [2.24, 2.45) is 0 Å². The van der Waals surface area contributed by atoms with Crippen molar-refractivity contribution in [1.29, 1.82) is 5.26 Å². The monoisotopic (exact) mass is 323 g/mol. The van der Waals surface area contributed by atoms with E-state index in [9.17, 15) is 10.1 Å². The van der Waals surface area contributed by atoms with Crippen LogP contribution >= 0.6 is 11.8 Å². The average Bonchev–Trinajstić information content (AvgIpc) is 2.52. The third-order valence-corrected chi connectivity index (χ3v) is 4.27. The molecule has 0 unspecified atom stereocenters. The van der Waals surface area contributed by atoms with Crippen molar-refractivity contribution in [3.8, 4) is 6.07 Å². The maximum Gasteiger partial charge on any atom is 0.258 e. The van der Waals surface area contributed by atoms with Crippen molar-refractivity contribution in [1.82, 2.24) is 19.4 Å². The van der Waals surface area contributed by atoms with Crippen LogP contribution in [0.4, 0.5) is 0 Å². The molecule has 3 aromatic heterocycles. The van der Waals surface area contributed by atoms with Crippen molar-refractivity contribution in [3.63, 3.8) is 0 Å². The number of nitrogens with zero attached hydrogens (tertiary/aromatic N) is 5. The van der Waals surface area contributed by atoms with Gasteiger partial charge in [0.1, 0.15) is 28.1 Å². The van der Waals surface area contributed by atoms with Gasteiger partial charge in [-0.1, -0.05) is 17.8 Å². The van der Waals surface area contributed by atoms with E-state index in [0.29, 0.717) is 39.2 Å². The van der Waals surface area contributed by atoms with Gasteiger partial charge in [-0.05, 0) is 26.0 Å². The van der Waals surface area contributed by atoms with E-state index >= 15 is 0 Å². The molecule has 0 fully saturated rings. The molecule has 6 nitrogen and oxygen atoms in total. The Morgan fingerprint density at radius 3 is 2.87 bits per heavy atom. The van der Waals surface area contributed by atoms with Gasteiger partial charge in [-0.15, -0.1) is 0 Å². The van der Waals surface area contributed by atoms with Crippen molar-refractivity contribution in [2.45, 2.75) is 24.6 Å². The molecule has 0 aliphatic carbocycles. The summed E-state index contributed by atoms with van der Waals surface area (Å²) in [6.07, 6.45) is 1.69. The van der Waals surface area contributed by atoms with Crippen LogP contribution in [0.2, 0.25) is 0 Å². The third-order valence-electron chi connectivity index (χ3n) is 3.26. The average molecular weight is 323 g/mol. The molecule has 0 radical (unpaired) electrons. The summed E-state index contributed by atoms with van der Waals surface area (Å²) < 4.78 is 1.49. The zero-order valence-corrected chi connectivity index (χ0v) is 13.5. The second kappa shape index (κ2) is 6.18.